The third kappa shape index (κ3) is 4.50. The van der Waals surface area contributed by atoms with Crippen LogP contribution in [-0.4, -0.2) is 38.2 Å². The van der Waals surface area contributed by atoms with Crippen LogP contribution in [0.15, 0.2) is 24.8 Å². The maximum absolute atomic E-state index is 13.6. The van der Waals surface area contributed by atoms with E-state index in [1.54, 1.807) is 4.90 Å². The number of alkyl halides is 6. The zero-order chi connectivity index (χ0) is 19.5. The summed E-state index contributed by atoms with van der Waals surface area (Å²) < 4.78 is 85.0. The number of nitrogens with one attached hydrogen (secondary N) is 1. The molecule has 146 valence electrons. The fourth-order valence-electron chi connectivity index (χ4n) is 3.14. The summed E-state index contributed by atoms with van der Waals surface area (Å²) in [6.45, 7) is 5.69. The first-order valence-corrected chi connectivity index (χ1v) is 8.01. The number of methoxy groups -OCH3 is 1. The molecule has 0 radical (unpaired) electrons. The minimum atomic E-state index is -4.95. The largest absolute Gasteiger partial charge is 0.496 e. The summed E-state index contributed by atoms with van der Waals surface area (Å²) >= 11 is 0. The van der Waals surface area contributed by atoms with Crippen molar-refractivity contribution in [3.63, 3.8) is 0 Å². The van der Waals surface area contributed by atoms with E-state index in [4.69, 9.17) is 4.74 Å². The van der Waals surface area contributed by atoms with Crippen LogP contribution in [0.1, 0.15) is 29.2 Å². The predicted molar refractivity (Wildman–Crippen MR) is 85.0 cm³/mol. The smallest absolute Gasteiger partial charge is 0.416 e. The lowest BCUT2D eigenvalue weighted by molar-refractivity contribution is -0.144. The lowest BCUT2D eigenvalue weighted by Crippen LogP contribution is -2.45. The van der Waals surface area contributed by atoms with Crippen LogP contribution in [0.2, 0.25) is 0 Å². The molecule has 2 rings (SSSR count). The molecule has 0 unspecified atom stereocenters. The van der Waals surface area contributed by atoms with Crippen LogP contribution in [0.3, 0.4) is 0 Å². The molecular weight excluding hydrogens is 362 g/mol. The molecular formula is C17H20F6N2O. The summed E-state index contributed by atoms with van der Waals surface area (Å²) in [6.07, 6.45) is -8.24. The van der Waals surface area contributed by atoms with Gasteiger partial charge in [-0.15, -0.1) is 6.58 Å². The molecule has 1 fully saturated rings. The van der Waals surface area contributed by atoms with Crippen molar-refractivity contribution < 1.29 is 31.1 Å². The van der Waals surface area contributed by atoms with Gasteiger partial charge < -0.3 is 10.1 Å². The van der Waals surface area contributed by atoms with Crippen molar-refractivity contribution in [2.75, 3.05) is 33.3 Å². The first-order chi connectivity index (χ1) is 12.1. The highest BCUT2D eigenvalue weighted by Crippen LogP contribution is 2.45. The normalized spacial score (nSPS) is 17.8. The third-order valence-electron chi connectivity index (χ3n) is 4.31. The molecule has 1 aliphatic heterocycles. The molecule has 9 heteroatoms. The lowest BCUT2D eigenvalue weighted by atomic mass is 9.92. The summed E-state index contributed by atoms with van der Waals surface area (Å²) in [7, 11) is 1.07. The third-order valence-corrected chi connectivity index (χ3v) is 4.31. The van der Waals surface area contributed by atoms with Crippen LogP contribution in [0.5, 0.6) is 5.75 Å². The second-order valence-corrected chi connectivity index (χ2v) is 5.96. The van der Waals surface area contributed by atoms with Crippen LogP contribution >= 0.6 is 0 Å². The number of halogens is 6. The first-order valence-electron chi connectivity index (χ1n) is 8.01. The maximum atomic E-state index is 13.6. The number of piperazine rings is 1. The number of ether oxygens (including phenoxy) is 1. The number of hydrogen-bond donors (Lipinski definition) is 1. The van der Waals surface area contributed by atoms with Gasteiger partial charge in [0.2, 0.25) is 0 Å². The Morgan fingerprint density at radius 1 is 1.15 bits per heavy atom. The zero-order valence-electron chi connectivity index (χ0n) is 14.2. The molecule has 0 aromatic heterocycles. The predicted octanol–water partition coefficient (Wildman–Crippen LogP) is 4.26. The minimum absolute atomic E-state index is 0.158. The van der Waals surface area contributed by atoms with Crippen LogP contribution in [0, 0.1) is 0 Å². The van der Waals surface area contributed by atoms with Gasteiger partial charge in [-0.2, -0.15) is 26.3 Å². The van der Waals surface area contributed by atoms with Gasteiger partial charge >= 0.3 is 12.4 Å². The number of benzene rings is 1. The summed E-state index contributed by atoms with van der Waals surface area (Å²) in [6, 6.07) is 0.0161. The van der Waals surface area contributed by atoms with Gasteiger partial charge in [0.1, 0.15) is 5.75 Å². The molecule has 1 atom stereocenters. The van der Waals surface area contributed by atoms with Gasteiger partial charge in [-0.25, -0.2) is 0 Å². The second-order valence-electron chi connectivity index (χ2n) is 5.96. The fourth-order valence-corrected chi connectivity index (χ4v) is 3.14. The number of hydrogen-bond acceptors (Lipinski definition) is 3. The van der Waals surface area contributed by atoms with Crippen LogP contribution < -0.4 is 10.1 Å². The van der Waals surface area contributed by atoms with Crippen LogP contribution in [-0.2, 0) is 12.4 Å². The molecule has 26 heavy (non-hydrogen) atoms. The minimum Gasteiger partial charge on any atom is -0.496 e. The van der Waals surface area contributed by atoms with Gasteiger partial charge in [0.05, 0.1) is 18.2 Å². The van der Waals surface area contributed by atoms with E-state index < -0.39 is 35.3 Å². The average molecular weight is 382 g/mol. The topological polar surface area (TPSA) is 24.5 Å². The van der Waals surface area contributed by atoms with Crippen LogP contribution in [0.25, 0.3) is 0 Å². The number of rotatable bonds is 5. The van der Waals surface area contributed by atoms with Gasteiger partial charge in [0.15, 0.2) is 0 Å². The van der Waals surface area contributed by atoms with Crippen molar-refractivity contribution in [2.45, 2.75) is 24.8 Å². The molecule has 1 saturated heterocycles. The highest BCUT2D eigenvalue weighted by Gasteiger charge is 2.42. The molecule has 0 amide bonds. The highest BCUT2D eigenvalue weighted by atomic mass is 19.4. The summed E-state index contributed by atoms with van der Waals surface area (Å²) in [5, 5.41) is 3.10. The second kappa shape index (κ2) is 7.87. The SMILES string of the molecule is C=CC[C@@H](c1c(OC)cc(C(F)(F)F)cc1C(F)(F)F)N1CCNCC1. The van der Waals surface area contributed by atoms with Crippen LogP contribution in [0.4, 0.5) is 26.3 Å². The molecule has 0 bridgehead atoms. The van der Waals surface area contributed by atoms with Gasteiger partial charge in [-0.3, -0.25) is 4.90 Å². The molecule has 1 aromatic rings. The van der Waals surface area contributed by atoms with Crippen molar-refractivity contribution in [3.05, 3.63) is 41.5 Å². The van der Waals surface area contributed by atoms with E-state index in [2.05, 4.69) is 11.9 Å². The Labute approximate surface area is 147 Å². The van der Waals surface area contributed by atoms with Gasteiger partial charge in [-0.1, -0.05) is 6.08 Å². The average Bonchev–Trinajstić information content (AvgIpc) is 2.57. The van der Waals surface area contributed by atoms with E-state index in [0.29, 0.717) is 32.2 Å². The monoisotopic (exact) mass is 382 g/mol. The highest BCUT2D eigenvalue weighted by molar-refractivity contribution is 5.48. The molecule has 1 N–H and O–H groups in total. The van der Waals surface area contributed by atoms with Gasteiger partial charge in [-0.05, 0) is 18.6 Å². The van der Waals surface area contributed by atoms with Crippen molar-refractivity contribution in [1.29, 1.82) is 0 Å². The first kappa shape index (κ1) is 20.6. The Balaban J connectivity index is 2.67. The van der Waals surface area contributed by atoms with E-state index >= 15 is 0 Å². The number of nitrogens with zero attached hydrogens (tertiary/aromatic N) is 1. The zero-order valence-corrected chi connectivity index (χ0v) is 14.2. The maximum Gasteiger partial charge on any atom is 0.416 e. The molecule has 0 saturated carbocycles. The van der Waals surface area contributed by atoms with E-state index in [0.717, 1.165) is 7.11 Å². The van der Waals surface area contributed by atoms with Gasteiger partial charge in [0.25, 0.3) is 0 Å². The Morgan fingerprint density at radius 2 is 1.77 bits per heavy atom. The van der Waals surface area contributed by atoms with Gasteiger partial charge in [0, 0.05) is 37.8 Å². The molecule has 3 nitrogen and oxygen atoms in total. The van der Waals surface area contributed by atoms with Crippen molar-refractivity contribution in [2.24, 2.45) is 0 Å². The summed E-state index contributed by atoms with van der Waals surface area (Å²) in [5.74, 6) is -0.419. The van der Waals surface area contributed by atoms with E-state index in [9.17, 15) is 26.3 Å². The Morgan fingerprint density at radius 3 is 2.23 bits per heavy atom. The van der Waals surface area contributed by atoms with E-state index in [1.165, 1.54) is 6.08 Å². The van der Waals surface area contributed by atoms with E-state index in [-0.39, 0.29) is 18.1 Å². The lowest BCUT2D eigenvalue weighted by Gasteiger charge is -2.36. The van der Waals surface area contributed by atoms with E-state index in [1.807, 2.05) is 0 Å². The summed E-state index contributed by atoms with van der Waals surface area (Å²) in [4.78, 5) is 1.80. The fraction of sp³-hybridized carbons (Fsp3) is 0.529. The molecule has 1 aliphatic rings. The molecule has 0 aliphatic carbocycles. The van der Waals surface area contributed by atoms with Crippen molar-refractivity contribution in [1.82, 2.24) is 10.2 Å². The van der Waals surface area contributed by atoms with Crippen molar-refractivity contribution in [3.8, 4) is 5.75 Å². The molecule has 1 aromatic carbocycles. The molecule has 0 spiro atoms. The van der Waals surface area contributed by atoms with Crippen molar-refractivity contribution >= 4 is 0 Å². The Bertz CT molecular complexity index is 635. The summed E-state index contributed by atoms with van der Waals surface area (Å²) in [5.41, 5.74) is -2.99. The Hall–Kier alpha value is -1.74. The Kier molecular flexibility index (Phi) is 6.23. The standard InChI is InChI=1S/C17H20F6N2O/c1-3-4-13(25-7-5-24-6-8-25)15-12(17(21,22)23)9-11(16(18,19)20)10-14(15)26-2/h3,9-10,13,24H,1,4-8H2,2H3/t13-/m0/s1. The molecule has 1 heterocycles. The quantitative estimate of drug-likeness (QED) is 0.609.